The lowest BCUT2D eigenvalue weighted by atomic mass is 10.0. The van der Waals surface area contributed by atoms with Crippen molar-refractivity contribution >= 4 is 15.9 Å². The van der Waals surface area contributed by atoms with Gasteiger partial charge in [0.25, 0.3) is 0 Å². The van der Waals surface area contributed by atoms with Gasteiger partial charge in [0.05, 0.1) is 10.7 Å². The van der Waals surface area contributed by atoms with E-state index < -0.39 is 6.10 Å². The molecule has 0 aliphatic carbocycles. The van der Waals surface area contributed by atoms with E-state index in [4.69, 9.17) is 4.42 Å². The first-order valence-corrected chi connectivity index (χ1v) is 6.42. The van der Waals surface area contributed by atoms with Gasteiger partial charge in [-0.1, -0.05) is 29.8 Å². The zero-order chi connectivity index (χ0) is 12.3. The Kier molecular flexibility index (Phi) is 4.02. The summed E-state index contributed by atoms with van der Waals surface area (Å²) in [5.74, 6) is 0.608. The third-order valence-corrected chi connectivity index (χ3v) is 3.43. The van der Waals surface area contributed by atoms with Crippen LogP contribution in [0.15, 0.2) is 45.5 Å². The highest BCUT2D eigenvalue weighted by Gasteiger charge is 2.14. The van der Waals surface area contributed by atoms with E-state index in [2.05, 4.69) is 47.1 Å². The van der Waals surface area contributed by atoms with Gasteiger partial charge < -0.3 is 9.52 Å². The van der Waals surface area contributed by atoms with E-state index in [1.807, 2.05) is 0 Å². The average Bonchev–Trinajstić information content (AvgIpc) is 2.74. The number of halogens is 1. The summed E-state index contributed by atoms with van der Waals surface area (Å²) in [6.45, 7) is 2.07. The standard InChI is InChI=1S/C14H15BrO2/c1-10-2-4-11(5-3-10)6-7-13(16)14-12(15)8-9-17-14/h2-5,8-9,13,16H,6-7H2,1H3. The maximum atomic E-state index is 9.98. The molecule has 1 atom stereocenters. The quantitative estimate of drug-likeness (QED) is 0.924. The molecule has 0 saturated carbocycles. The van der Waals surface area contributed by atoms with Crippen LogP contribution in [0.25, 0.3) is 0 Å². The van der Waals surface area contributed by atoms with Crippen LogP contribution < -0.4 is 0 Å². The molecular weight excluding hydrogens is 280 g/mol. The molecule has 17 heavy (non-hydrogen) atoms. The Morgan fingerprint density at radius 1 is 1.24 bits per heavy atom. The van der Waals surface area contributed by atoms with Crippen LogP contribution in [0.1, 0.15) is 29.4 Å². The highest BCUT2D eigenvalue weighted by molar-refractivity contribution is 9.10. The fourth-order valence-corrected chi connectivity index (χ4v) is 2.20. The SMILES string of the molecule is Cc1ccc(CCC(O)c2occc2Br)cc1. The maximum Gasteiger partial charge on any atom is 0.146 e. The number of rotatable bonds is 4. The van der Waals surface area contributed by atoms with E-state index in [-0.39, 0.29) is 0 Å². The van der Waals surface area contributed by atoms with E-state index in [0.717, 1.165) is 10.9 Å². The second-order valence-corrected chi connectivity index (χ2v) is 5.03. The Labute approximate surface area is 109 Å². The van der Waals surface area contributed by atoms with Crippen LogP contribution in [0.2, 0.25) is 0 Å². The minimum absolute atomic E-state index is 0.555. The van der Waals surface area contributed by atoms with Gasteiger partial charge in [-0.3, -0.25) is 0 Å². The molecule has 2 nitrogen and oxygen atoms in total. The number of aliphatic hydroxyl groups excluding tert-OH is 1. The summed E-state index contributed by atoms with van der Waals surface area (Å²) in [5, 5.41) is 9.98. The Balaban J connectivity index is 1.94. The van der Waals surface area contributed by atoms with Gasteiger partial charge in [-0.15, -0.1) is 0 Å². The highest BCUT2D eigenvalue weighted by atomic mass is 79.9. The topological polar surface area (TPSA) is 33.4 Å². The second-order valence-electron chi connectivity index (χ2n) is 4.17. The molecule has 1 aromatic carbocycles. The van der Waals surface area contributed by atoms with Gasteiger partial charge in [-0.25, -0.2) is 0 Å². The van der Waals surface area contributed by atoms with Crippen molar-refractivity contribution in [1.82, 2.24) is 0 Å². The summed E-state index contributed by atoms with van der Waals surface area (Å²) < 4.78 is 6.06. The molecule has 0 radical (unpaired) electrons. The molecule has 1 aromatic heterocycles. The second kappa shape index (κ2) is 5.52. The number of furan rings is 1. The van der Waals surface area contributed by atoms with Gasteiger partial charge in [0, 0.05) is 0 Å². The molecule has 0 fully saturated rings. The fourth-order valence-electron chi connectivity index (χ4n) is 1.73. The Bertz CT molecular complexity index is 473. The molecule has 0 aliphatic rings. The minimum Gasteiger partial charge on any atom is -0.465 e. The summed E-state index contributed by atoms with van der Waals surface area (Å²) in [5.41, 5.74) is 2.49. The van der Waals surface area contributed by atoms with Crippen molar-refractivity contribution < 1.29 is 9.52 Å². The van der Waals surface area contributed by atoms with Crippen LogP contribution >= 0.6 is 15.9 Å². The lowest BCUT2D eigenvalue weighted by Crippen LogP contribution is -1.99. The van der Waals surface area contributed by atoms with Crippen molar-refractivity contribution in [2.75, 3.05) is 0 Å². The van der Waals surface area contributed by atoms with E-state index >= 15 is 0 Å². The summed E-state index contributed by atoms with van der Waals surface area (Å²) in [6, 6.07) is 10.2. The summed E-state index contributed by atoms with van der Waals surface area (Å²) in [4.78, 5) is 0. The summed E-state index contributed by atoms with van der Waals surface area (Å²) >= 11 is 3.35. The van der Waals surface area contributed by atoms with E-state index in [9.17, 15) is 5.11 Å². The largest absolute Gasteiger partial charge is 0.465 e. The van der Waals surface area contributed by atoms with Crippen LogP contribution in [0, 0.1) is 6.92 Å². The zero-order valence-corrected chi connectivity index (χ0v) is 11.3. The third kappa shape index (κ3) is 3.20. The van der Waals surface area contributed by atoms with Crippen LogP contribution in [0.5, 0.6) is 0 Å². The molecule has 3 heteroatoms. The molecule has 1 unspecified atom stereocenters. The number of aryl methyl sites for hydroxylation is 2. The molecule has 0 saturated heterocycles. The molecule has 2 aromatic rings. The minimum atomic E-state index is -0.555. The smallest absolute Gasteiger partial charge is 0.146 e. The molecule has 0 spiro atoms. The van der Waals surface area contributed by atoms with Crippen molar-refractivity contribution in [1.29, 1.82) is 0 Å². The molecule has 90 valence electrons. The normalized spacial score (nSPS) is 12.6. The number of aliphatic hydroxyl groups is 1. The summed E-state index contributed by atoms with van der Waals surface area (Å²) in [6.07, 6.45) is 2.53. The van der Waals surface area contributed by atoms with Crippen molar-refractivity contribution in [2.24, 2.45) is 0 Å². The molecule has 1 heterocycles. The number of benzene rings is 1. The zero-order valence-electron chi connectivity index (χ0n) is 9.69. The van der Waals surface area contributed by atoms with Gasteiger partial charge in [-0.2, -0.15) is 0 Å². The molecular formula is C14H15BrO2. The van der Waals surface area contributed by atoms with Gasteiger partial charge in [-0.05, 0) is 47.3 Å². The van der Waals surface area contributed by atoms with Gasteiger partial charge in [0.2, 0.25) is 0 Å². The average molecular weight is 295 g/mol. The Morgan fingerprint density at radius 2 is 1.94 bits per heavy atom. The molecule has 0 aliphatic heterocycles. The van der Waals surface area contributed by atoms with E-state index in [1.54, 1.807) is 12.3 Å². The first-order valence-electron chi connectivity index (χ1n) is 5.63. The molecule has 1 N–H and O–H groups in total. The van der Waals surface area contributed by atoms with Crippen LogP contribution in [-0.4, -0.2) is 5.11 Å². The van der Waals surface area contributed by atoms with Crippen molar-refractivity contribution in [3.8, 4) is 0 Å². The van der Waals surface area contributed by atoms with E-state index in [1.165, 1.54) is 11.1 Å². The first kappa shape index (κ1) is 12.4. The van der Waals surface area contributed by atoms with Gasteiger partial charge in [0.15, 0.2) is 0 Å². The predicted molar refractivity (Wildman–Crippen MR) is 70.9 cm³/mol. The van der Waals surface area contributed by atoms with E-state index in [0.29, 0.717) is 12.2 Å². The van der Waals surface area contributed by atoms with Crippen molar-refractivity contribution in [2.45, 2.75) is 25.9 Å². The molecule has 2 rings (SSSR count). The van der Waals surface area contributed by atoms with Crippen molar-refractivity contribution in [3.05, 3.63) is 58.0 Å². The number of hydrogen-bond acceptors (Lipinski definition) is 2. The Hall–Kier alpha value is -1.06. The van der Waals surface area contributed by atoms with Gasteiger partial charge >= 0.3 is 0 Å². The monoisotopic (exact) mass is 294 g/mol. The fraction of sp³-hybridized carbons (Fsp3) is 0.286. The van der Waals surface area contributed by atoms with Gasteiger partial charge in [0.1, 0.15) is 11.9 Å². The third-order valence-electron chi connectivity index (χ3n) is 2.77. The van der Waals surface area contributed by atoms with Crippen LogP contribution in [0.3, 0.4) is 0 Å². The lowest BCUT2D eigenvalue weighted by Gasteiger charge is -2.08. The first-order chi connectivity index (χ1) is 8.16. The molecule has 0 amide bonds. The maximum absolute atomic E-state index is 9.98. The highest BCUT2D eigenvalue weighted by Crippen LogP contribution is 2.27. The molecule has 0 bridgehead atoms. The number of hydrogen-bond donors (Lipinski definition) is 1. The predicted octanol–water partition coefficient (Wildman–Crippen LogP) is 4.02. The lowest BCUT2D eigenvalue weighted by molar-refractivity contribution is 0.139. The van der Waals surface area contributed by atoms with Crippen molar-refractivity contribution in [3.63, 3.8) is 0 Å². The Morgan fingerprint density at radius 3 is 2.53 bits per heavy atom. The van der Waals surface area contributed by atoms with Crippen LogP contribution in [0.4, 0.5) is 0 Å². The summed E-state index contributed by atoms with van der Waals surface area (Å²) in [7, 11) is 0. The van der Waals surface area contributed by atoms with Crippen LogP contribution in [-0.2, 0) is 6.42 Å².